The van der Waals surface area contributed by atoms with Gasteiger partial charge < -0.3 is 10.1 Å². The molecule has 2 aromatic carbocycles. The zero-order valence-electron chi connectivity index (χ0n) is 13.5. The van der Waals surface area contributed by atoms with Gasteiger partial charge in [-0.2, -0.15) is 0 Å². The maximum Gasteiger partial charge on any atom is 0.258 e. The van der Waals surface area contributed by atoms with Crippen LogP contribution in [0.5, 0.6) is 5.88 Å². The molecule has 0 atom stereocenters. The number of aromatic nitrogens is 2. The molecule has 1 heterocycles. The smallest absolute Gasteiger partial charge is 0.258 e. The Morgan fingerprint density at radius 3 is 2.46 bits per heavy atom. The lowest BCUT2D eigenvalue weighted by Gasteiger charge is -2.06. The summed E-state index contributed by atoms with van der Waals surface area (Å²) < 4.78 is 7.29. The van der Waals surface area contributed by atoms with E-state index in [1.807, 2.05) is 73.8 Å². The first-order valence-electron chi connectivity index (χ1n) is 7.77. The largest absolute Gasteiger partial charge is 0.466 e. The van der Waals surface area contributed by atoms with E-state index in [2.05, 4.69) is 10.4 Å². The van der Waals surface area contributed by atoms with Crippen LogP contribution in [-0.4, -0.2) is 22.3 Å². The van der Waals surface area contributed by atoms with Gasteiger partial charge in [-0.15, -0.1) is 5.10 Å². The molecule has 0 unspecified atom stereocenters. The number of amides is 1. The topological polar surface area (TPSA) is 56.2 Å². The molecule has 5 nitrogen and oxygen atoms in total. The molecule has 3 aromatic rings. The Morgan fingerprint density at radius 1 is 1.08 bits per heavy atom. The van der Waals surface area contributed by atoms with Crippen molar-refractivity contribution in [1.29, 1.82) is 0 Å². The molecular weight excluding hydrogens is 302 g/mol. The van der Waals surface area contributed by atoms with Gasteiger partial charge in [-0.1, -0.05) is 48.5 Å². The number of aryl methyl sites for hydroxylation is 1. The van der Waals surface area contributed by atoms with Gasteiger partial charge in [-0.05, 0) is 24.6 Å². The van der Waals surface area contributed by atoms with Crippen LogP contribution in [0.4, 0.5) is 0 Å². The summed E-state index contributed by atoms with van der Waals surface area (Å²) in [4.78, 5) is 11.9. The number of rotatable bonds is 6. The van der Waals surface area contributed by atoms with Crippen LogP contribution in [0.2, 0.25) is 0 Å². The summed E-state index contributed by atoms with van der Waals surface area (Å²) >= 11 is 0. The van der Waals surface area contributed by atoms with E-state index in [9.17, 15) is 4.79 Å². The van der Waals surface area contributed by atoms with Crippen LogP contribution in [-0.2, 0) is 11.3 Å². The van der Waals surface area contributed by atoms with Crippen LogP contribution < -0.4 is 10.1 Å². The number of nitrogens with zero attached hydrogens (tertiary/aromatic N) is 2. The lowest BCUT2D eigenvalue weighted by molar-refractivity contribution is -0.123. The predicted octanol–water partition coefficient (Wildman–Crippen LogP) is 2.88. The van der Waals surface area contributed by atoms with E-state index in [0.717, 1.165) is 16.8 Å². The number of para-hydroxylation sites is 1. The standard InChI is InChI=1S/C19H19N3O2/c1-15-13-22(17-10-6-3-7-11-17)21-19(15)24-14-18(23)20-12-16-8-4-2-5-9-16/h2-11,13H,12,14H2,1H3,(H,20,23). The molecular formula is C19H19N3O2. The Hall–Kier alpha value is -3.08. The number of ether oxygens (including phenoxy) is 1. The quantitative estimate of drug-likeness (QED) is 0.759. The molecule has 0 saturated heterocycles. The van der Waals surface area contributed by atoms with Gasteiger partial charge >= 0.3 is 0 Å². The number of nitrogens with one attached hydrogen (secondary N) is 1. The van der Waals surface area contributed by atoms with Crippen molar-refractivity contribution in [2.45, 2.75) is 13.5 Å². The van der Waals surface area contributed by atoms with Crippen molar-refractivity contribution < 1.29 is 9.53 Å². The molecule has 0 saturated carbocycles. The van der Waals surface area contributed by atoms with Crippen molar-refractivity contribution in [2.75, 3.05) is 6.61 Å². The summed E-state index contributed by atoms with van der Waals surface area (Å²) in [7, 11) is 0. The van der Waals surface area contributed by atoms with Crippen molar-refractivity contribution in [3.05, 3.63) is 78.0 Å². The molecule has 0 spiro atoms. The fourth-order valence-corrected chi connectivity index (χ4v) is 2.28. The third-order valence-electron chi connectivity index (χ3n) is 3.55. The molecule has 0 aliphatic carbocycles. The third-order valence-corrected chi connectivity index (χ3v) is 3.55. The lowest BCUT2D eigenvalue weighted by atomic mass is 10.2. The highest BCUT2D eigenvalue weighted by molar-refractivity contribution is 5.77. The SMILES string of the molecule is Cc1cn(-c2ccccc2)nc1OCC(=O)NCc1ccccc1. The first-order valence-corrected chi connectivity index (χ1v) is 7.77. The molecule has 0 aliphatic rings. The molecule has 0 radical (unpaired) electrons. The van der Waals surface area contributed by atoms with E-state index in [-0.39, 0.29) is 12.5 Å². The van der Waals surface area contributed by atoms with E-state index in [4.69, 9.17) is 4.74 Å². The summed E-state index contributed by atoms with van der Waals surface area (Å²) in [6.45, 7) is 2.34. The molecule has 0 bridgehead atoms. The zero-order chi connectivity index (χ0) is 16.8. The third kappa shape index (κ3) is 4.01. The van der Waals surface area contributed by atoms with Crippen LogP contribution in [0.1, 0.15) is 11.1 Å². The van der Waals surface area contributed by atoms with Crippen LogP contribution in [0.25, 0.3) is 5.69 Å². The van der Waals surface area contributed by atoms with E-state index in [0.29, 0.717) is 12.4 Å². The molecule has 1 amide bonds. The second kappa shape index (κ2) is 7.46. The Labute approximate surface area is 140 Å². The summed E-state index contributed by atoms with van der Waals surface area (Å²) in [5, 5.41) is 7.21. The first-order chi connectivity index (χ1) is 11.7. The fourth-order valence-electron chi connectivity index (χ4n) is 2.28. The van der Waals surface area contributed by atoms with Crippen molar-refractivity contribution in [3.8, 4) is 11.6 Å². The highest BCUT2D eigenvalue weighted by Gasteiger charge is 2.10. The summed E-state index contributed by atoms with van der Waals surface area (Å²) in [5.41, 5.74) is 2.88. The highest BCUT2D eigenvalue weighted by atomic mass is 16.5. The summed E-state index contributed by atoms with van der Waals surface area (Å²) in [6, 6.07) is 19.5. The number of hydrogen-bond acceptors (Lipinski definition) is 3. The average Bonchev–Trinajstić information content (AvgIpc) is 3.01. The van der Waals surface area contributed by atoms with Crippen molar-refractivity contribution in [2.24, 2.45) is 0 Å². The highest BCUT2D eigenvalue weighted by Crippen LogP contribution is 2.17. The van der Waals surface area contributed by atoms with Gasteiger partial charge in [-0.3, -0.25) is 4.79 Å². The van der Waals surface area contributed by atoms with Crippen LogP contribution in [0, 0.1) is 6.92 Å². The Kier molecular flexibility index (Phi) is 4.91. The normalized spacial score (nSPS) is 10.4. The predicted molar refractivity (Wildman–Crippen MR) is 92.1 cm³/mol. The first kappa shape index (κ1) is 15.8. The molecule has 5 heteroatoms. The van der Waals surface area contributed by atoms with Gasteiger partial charge in [0.15, 0.2) is 6.61 Å². The zero-order valence-corrected chi connectivity index (χ0v) is 13.5. The molecule has 122 valence electrons. The fraction of sp³-hybridized carbons (Fsp3) is 0.158. The number of carbonyl (C=O) groups excluding carboxylic acids is 1. The summed E-state index contributed by atoms with van der Waals surface area (Å²) in [5.74, 6) is 0.293. The number of benzene rings is 2. The van der Waals surface area contributed by atoms with Gasteiger partial charge in [0.2, 0.25) is 5.88 Å². The van der Waals surface area contributed by atoms with Gasteiger partial charge in [0.05, 0.1) is 5.69 Å². The summed E-state index contributed by atoms with van der Waals surface area (Å²) in [6.07, 6.45) is 1.88. The molecule has 0 aliphatic heterocycles. The molecule has 1 N–H and O–H groups in total. The van der Waals surface area contributed by atoms with E-state index in [1.54, 1.807) is 4.68 Å². The monoisotopic (exact) mass is 321 g/mol. The van der Waals surface area contributed by atoms with Crippen molar-refractivity contribution in [3.63, 3.8) is 0 Å². The Bertz CT molecular complexity index is 798. The van der Waals surface area contributed by atoms with E-state index >= 15 is 0 Å². The van der Waals surface area contributed by atoms with Gasteiger partial charge in [0.1, 0.15) is 0 Å². The van der Waals surface area contributed by atoms with E-state index in [1.165, 1.54) is 0 Å². The minimum atomic E-state index is -0.174. The van der Waals surface area contributed by atoms with Crippen molar-refractivity contribution >= 4 is 5.91 Å². The number of carbonyl (C=O) groups is 1. The van der Waals surface area contributed by atoms with Crippen LogP contribution in [0.3, 0.4) is 0 Å². The van der Waals surface area contributed by atoms with Crippen molar-refractivity contribution in [1.82, 2.24) is 15.1 Å². The second-order valence-electron chi connectivity index (χ2n) is 5.45. The van der Waals surface area contributed by atoms with E-state index < -0.39 is 0 Å². The minimum absolute atomic E-state index is 0.0561. The molecule has 1 aromatic heterocycles. The molecule has 24 heavy (non-hydrogen) atoms. The van der Waals surface area contributed by atoms with Gasteiger partial charge in [0, 0.05) is 18.3 Å². The second-order valence-corrected chi connectivity index (χ2v) is 5.45. The molecule has 0 fully saturated rings. The van der Waals surface area contributed by atoms with Gasteiger partial charge in [-0.25, -0.2) is 4.68 Å². The Balaban J connectivity index is 1.55. The lowest BCUT2D eigenvalue weighted by Crippen LogP contribution is -2.28. The number of hydrogen-bond donors (Lipinski definition) is 1. The maximum absolute atomic E-state index is 11.9. The minimum Gasteiger partial charge on any atom is -0.466 e. The van der Waals surface area contributed by atoms with Crippen LogP contribution in [0.15, 0.2) is 66.9 Å². The molecule has 3 rings (SSSR count). The Morgan fingerprint density at radius 2 is 1.75 bits per heavy atom. The maximum atomic E-state index is 11.9. The van der Waals surface area contributed by atoms with Crippen LogP contribution >= 0.6 is 0 Å². The average molecular weight is 321 g/mol. The van der Waals surface area contributed by atoms with Gasteiger partial charge in [0.25, 0.3) is 5.91 Å².